The van der Waals surface area contributed by atoms with E-state index in [-0.39, 0.29) is 29.8 Å². The zero-order chi connectivity index (χ0) is 22.5. The number of piperidine rings is 1. The summed E-state index contributed by atoms with van der Waals surface area (Å²) < 4.78 is 6.58. The summed E-state index contributed by atoms with van der Waals surface area (Å²) in [5.41, 5.74) is 1.39. The van der Waals surface area contributed by atoms with Gasteiger partial charge in [0.15, 0.2) is 11.5 Å². The van der Waals surface area contributed by atoms with Crippen molar-refractivity contribution in [2.45, 2.75) is 67.7 Å². The van der Waals surface area contributed by atoms with Crippen molar-refractivity contribution in [3.05, 3.63) is 45.6 Å². The molecule has 1 amide bonds. The molecule has 33 heavy (non-hydrogen) atoms. The number of aromatic hydroxyl groups is 1. The van der Waals surface area contributed by atoms with E-state index < -0.39 is 11.0 Å². The molecule has 3 aliphatic carbocycles. The van der Waals surface area contributed by atoms with Crippen LogP contribution in [0.15, 0.2) is 29.0 Å². The second kappa shape index (κ2) is 6.74. The van der Waals surface area contributed by atoms with Crippen molar-refractivity contribution < 1.29 is 19.7 Å². The van der Waals surface area contributed by atoms with E-state index in [1.165, 1.54) is 29.7 Å². The molecule has 2 bridgehead atoms. The van der Waals surface area contributed by atoms with Crippen LogP contribution in [0.5, 0.6) is 11.5 Å². The number of phenolic OH excluding ortho intramolecular Hbond substituents is 1. The smallest absolute Gasteiger partial charge is 0.254 e. The Hall–Kier alpha value is -2.09. The molecule has 5 atom stereocenters. The molecule has 5 aliphatic rings. The van der Waals surface area contributed by atoms with Crippen LogP contribution in [0.1, 0.15) is 53.6 Å². The summed E-state index contributed by atoms with van der Waals surface area (Å²) in [4.78, 5) is 17.6. The summed E-state index contributed by atoms with van der Waals surface area (Å²) in [7, 11) is 1.86. The Morgan fingerprint density at radius 3 is 2.88 bits per heavy atom. The molecule has 1 spiro atoms. The van der Waals surface area contributed by atoms with Gasteiger partial charge in [0, 0.05) is 30.6 Å². The number of ether oxygens (including phenoxy) is 1. The van der Waals surface area contributed by atoms with Gasteiger partial charge < -0.3 is 19.8 Å². The standard InChI is InChI=1S/C26H30N2O4S/c1-27(24(30)17-7-11-33-14-17)18-6-8-26(31)20-12-16-4-5-19(29)22-21(16)25(26,23(18)32-22)9-10-28(20)13-15-2-3-15/h4-5,7,11,14-15,18,20,23,29,31H,2-3,6,8-10,12-13H2,1H3/t18-,20+,23+,25+,26-/m1/s1. The molecular formula is C26H30N2O4S. The van der Waals surface area contributed by atoms with Gasteiger partial charge in [-0.05, 0) is 74.1 Å². The maximum absolute atomic E-state index is 13.3. The first kappa shape index (κ1) is 20.3. The molecule has 2 aromatic rings. The zero-order valence-electron chi connectivity index (χ0n) is 18.9. The molecule has 2 aliphatic heterocycles. The van der Waals surface area contributed by atoms with Crippen LogP contribution in [0.25, 0.3) is 0 Å². The van der Waals surface area contributed by atoms with Gasteiger partial charge in [0.25, 0.3) is 5.91 Å². The molecular weight excluding hydrogens is 436 g/mol. The number of carbonyl (C=O) groups excluding carboxylic acids is 1. The van der Waals surface area contributed by atoms with E-state index in [0.29, 0.717) is 24.2 Å². The SMILES string of the molecule is CN(C(=O)c1ccsc1)[C@@H]1CC[C@@]2(O)[C@@H]3Cc4ccc(O)c5c4[C@@]2(CCN3CC2CC2)[C@H]1O5. The number of nitrogens with zero attached hydrogens (tertiary/aromatic N) is 2. The van der Waals surface area contributed by atoms with Gasteiger partial charge in [-0.25, -0.2) is 0 Å². The number of likely N-dealkylation sites (tertiary alicyclic amines) is 1. The Bertz CT molecular complexity index is 1130. The highest BCUT2D eigenvalue weighted by Gasteiger charge is 2.73. The minimum atomic E-state index is -0.917. The fourth-order valence-corrected chi connectivity index (χ4v) is 8.22. The van der Waals surface area contributed by atoms with Crippen molar-refractivity contribution in [2.75, 3.05) is 20.1 Å². The number of hydrogen-bond acceptors (Lipinski definition) is 6. The molecule has 1 saturated heterocycles. The molecule has 3 heterocycles. The van der Waals surface area contributed by atoms with Gasteiger partial charge in [0.2, 0.25) is 0 Å². The Balaban J connectivity index is 1.34. The number of hydrogen-bond donors (Lipinski definition) is 2. The lowest BCUT2D eigenvalue weighted by atomic mass is 9.48. The number of carbonyl (C=O) groups is 1. The highest BCUT2D eigenvalue weighted by atomic mass is 32.1. The Morgan fingerprint density at radius 2 is 2.12 bits per heavy atom. The Labute approximate surface area is 197 Å². The quantitative estimate of drug-likeness (QED) is 0.724. The van der Waals surface area contributed by atoms with Crippen LogP contribution in [-0.2, 0) is 11.8 Å². The highest BCUT2D eigenvalue weighted by molar-refractivity contribution is 7.08. The van der Waals surface area contributed by atoms with Crippen LogP contribution < -0.4 is 4.74 Å². The third-order valence-corrected chi connectivity index (χ3v) is 10.0. The summed E-state index contributed by atoms with van der Waals surface area (Å²) in [6, 6.07) is 5.52. The van der Waals surface area contributed by atoms with Crippen molar-refractivity contribution >= 4 is 17.2 Å². The van der Waals surface area contributed by atoms with Gasteiger partial charge >= 0.3 is 0 Å². The van der Waals surface area contributed by atoms with E-state index in [2.05, 4.69) is 4.90 Å². The fraction of sp³-hybridized carbons (Fsp3) is 0.577. The first-order valence-corrected chi connectivity index (χ1v) is 13.2. The van der Waals surface area contributed by atoms with E-state index >= 15 is 0 Å². The van der Waals surface area contributed by atoms with Crippen LogP contribution in [0, 0.1) is 5.92 Å². The summed E-state index contributed by atoms with van der Waals surface area (Å²) in [5, 5.41) is 27.1. The minimum absolute atomic E-state index is 0.00869. The molecule has 0 unspecified atom stereocenters. The maximum Gasteiger partial charge on any atom is 0.254 e. The highest BCUT2D eigenvalue weighted by Crippen LogP contribution is 2.66. The van der Waals surface area contributed by atoms with Gasteiger partial charge in [0.1, 0.15) is 6.10 Å². The van der Waals surface area contributed by atoms with E-state index in [4.69, 9.17) is 4.74 Å². The van der Waals surface area contributed by atoms with Gasteiger partial charge in [0.05, 0.1) is 22.6 Å². The van der Waals surface area contributed by atoms with Gasteiger partial charge in [-0.3, -0.25) is 9.69 Å². The van der Waals surface area contributed by atoms with Crippen LogP contribution in [0.2, 0.25) is 0 Å². The number of thiophene rings is 1. The molecule has 1 aromatic carbocycles. The Morgan fingerprint density at radius 1 is 1.27 bits per heavy atom. The lowest BCUT2D eigenvalue weighted by molar-refractivity contribution is -0.197. The average Bonchev–Trinajstić information content (AvgIpc) is 3.30. The third-order valence-electron chi connectivity index (χ3n) is 9.32. The van der Waals surface area contributed by atoms with E-state index in [1.807, 2.05) is 34.8 Å². The molecule has 3 fully saturated rings. The van der Waals surface area contributed by atoms with Crippen LogP contribution in [0.3, 0.4) is 0 Å². The lowest BCUT2D eigenvalue weighted by Crippen LogP contribution is -2.78. The average molecular weight is 467 g/mol. The number of amides is 1. The summed E-state index contributed by atoms with van der Waals surface area (Å²) >= 11 is 1.52. The van der Waals surface area contributed by atoms with Crippen molar-refractivity contribution in [2.24, 2.45) is 5.92 Å². The van der Waals surface area contributed by atoms with Crippen molar-refractivity contribution in [3.8, 4) is 11.5 Å². The van der Waals surface area contributed by atoms with Crippen LogP contribution in [-0.4, -0.2) is 69.8 Å². The molecule has 2 saturated carbocycles. The van der Waals surface area contributed by atoms with Gasteiger partial charge in [-0.1, -0.05) is 6.07 Å². The minimum Gasteiger partial charge on any atom is -0.504 e. The largest absolute Gasteiger partial charge is 0.504 e. The predicted octanol–water partition coefficient (Wildman–Crippen LogP) is 3.16. The molecule has 2 N–H and O–H groups in total. The number of aliphatic hydroxyl groups is 1. The fourth-order valence-electron chi connectivity index (χ4n) is 7.59. The van der Waals surface area contributed by atoms with Crippen LogP contribution in [0.4, 0.5) is 0 Å². The monoisotopic (exact) mass is 466 g/mol. The zero-order valence-corrected chi connectivity index (χ0v) is 19.7. The molecule has 0 radical (unpaired) electrons. The first-order valence-electron chi connectivity index (χ1n) is 12.2. The molecule has 1 aromatic heterocycles. The topological polar surface area (TPSA) is 73.2 Å². The summed E-state index contributed by atoms with van der Waals surface area (Å²) in [5.74, 6) is 1.43. The summed E-state index contributed by atoms with van der Waals surface area (Å²) in [6.07, 6.45) is 5.13. The first-order chi connectivity index (χ1) is 15.9. The second-order valence-corrected chi connectivity index (χ2v) is 11.6. The molecule has 6 nitrogen and oxygen atoms in total. The number of rotatable bonds is 4. The predicted molar refractivity (Wildman–Crippen MR) is 125 cm³/mol. The maximum atomic E-state index is 13.3. The van der Waals surface area contributed by atoms with Crippen molar-refractivity contribution in [1.82, 2.24) is 9.80 Å². The molecule has 7 heteroatoms. The van der Waals surface area contributed by atoms with Crippen molar-refractivity contribution in [1.29, 1.82) is 0 Å². The summed E-state index contributed by atoms with van der Waals surface area (Å²) in [6.45, 7) is 1.99. The lowest BCUT2D eigenvalue weighted by Gasteiger charge is -2.64. The van der Waals surface area contributed by atoms with Gasteiger partial charge in [-0.2, -0.15) is 11.3 Å². The number of phenols is 1. The van der Waals surface area contributed by atoms with E-state index in [9.17, 15) is 15.0 Å². The molecule has 7 rings (SSSR count). The second-order valence-electron chi connectivity index (χ2n) is 10.8. The van der Waals surface area contributed by atoms with Crippen molar-refractivity contribution in [3.63, 3.8) is 0 Å². The molecule has 174 valence electrons. The number of likely N-dealkylation sites (N-methyl/N-ethyl adjacent to an activating group) is 1. The normalized spacial score (nSPS) is 36.2. The van der Waals surface area contributed by atoms with E-state index in [1.54, 1.807) is 6.07 Å². The van der Waals surface area contributed by atoms with E-state index in [0.717, 1.165) is 37.4 Å². The third kappa shape index (κ3) is 2.53. The van der Waals surface area contributed by atoms with Gasteiger partial charge in [-0.15, -0.1) is 0 Å². The Kier molecular flexibility index (Phi) is 4.14. The van der Waals surface area contributed by atoms with Crippen LogP contribution >= 0.6 is 11.3 Å². The number of benzene rings is 1.